The number of nitrogens with zero attached hydrogens (tertiary/aromatic N) is 1. The second kappa shape index (κ2) is 10.9. The van der Waals surface area contributed by atoms with Crippen molar-refractivity contribution in [1.29, 1.82) is 0 Å². The summed E-state index contributed by atoms with van der Waals surface area (Å²) in [5.41, 5.74) is 1.96. The minimum Gasteiger partial charge on any atom is -0.355 e. The van der Waals surface area contributed by atoms with E-state index in [4.69, 9.17) is 0 Å². The van der Waals surface area contributed by atoms with Gasteiger partial charge in [-0.1, -0.05) is 25.6 Å². The van der Waals surface area contributed by atoms with Gasteiger partial charge in [0.05, 0.1) is 16.3 Å². The Morgan fingerprint density at radius 1 is 1.35 bits per heavy atom. The van der Waals surface area contributed by atoms with Crippen LogP contribution < -0.4 is 10.6 Å². The lowest BCUT2D eigenvalue weighted by Crippen LogP contribution is -2.26. The van der Waals surface area contributed by atoms with Crippen LogP contribution in [0.4, 0.5) is 5.82 Å². The summed E-state index contributed by atoms with van der Waals surface area (Å²) in [6, 6.07) is 6.08. The summed E-state index contributed by atoms with van der Waals surface area (Å²) in [4.78, 5) is 13.7. The van der Waals surface area contributed by atoms with Gasteiger partial charge >= 0.3 is 0 Å². The first-order valence-corrected chi connectivity index (χ1v) is 10.5. The fourth-order valence-corrected chi connectivity index (χ4v) is 3.47. The number of aromatic amines is 1. The molecule has 0 atom stereocenters. The van der Waals surface area contributed by atoms with Crippen LogP contribution in [-0.4, -0.2) is 28.4 Å². The van der Waals surface area contributed by atoms with Gasteiger partial charge in [-0.05, 0) is 42.5 Å². The monoisotopic (exact) mass is 390 g/mol. The van der Waals surface area contributed by atoms with Crippen LogP contribution in [0.1, 0.15) is 32.6 Å². The summed E-state index contributed by atoms with van der Waals surface area (Å²) in [5.74, 6) is 1.32. The zero-order chi connectivity index (χ0) is 18.8. The molecule has 2 aromatic rings. The van der Waals surface area contributed by atoms with Gasteiger partial charge in [-0.3, -0.25) is 9.89 Å². The highest BCUT2D eigenvalue weighted by atomic mass is 32.2. The van der Waals surface area contributed by atoms with Gasteiger partial charge in [0.15, 0.2) is 5.82 Å². The summed E-state index contributed by atoms with van der Waals surface area (Å²) in [7, 11) is 0. The number of thioether (sulfide) groups is 1. The van der Waals surface area contributed by atoms with Crippen molar-refractivity contribution in [2.24, 2.45) is 0 Å². The van der Waals surface area contributed by atoms with Crippen molar-refractivity contribution >= 4 is 34.8 Å². The van der Waals surface area contributed by atoms with Crippen LogP contribution in [0.15, 0.2) is 47.3 Å². The highest BCUT2D eigenvalue weighted by molar-refractivity contribution is 8.03. The number of amides is 1. The molecule has 0 aliphatic rings. The Labute approximate surface area is 163 Å². The number of hydrogen-bond donors (Lipinski definition) is 3. The number of anilines is 1. The molecule has 0 aliphatic heterocycles. The molecule has 2 heterocycles. The normalized spacial score (nSPS) is 10.5. The predicted molar refractivity (Wildman–Crippen MR) is 113 cm³/mol. The van der Waals surface area contributed by atoms with Gasteiger partial charge in [-0.15, -0.1) is 23.1 Å². The maximum atomic E-state index is 11.6. The molecule has 0 saturated heterocycles. The molecule has 7 heteroatoms. The molecule has 1 amide bonds. The molecule has 0 aliphatic carbocycles. The standard InChI is InChI=1S/C19H26N4OS2/c1-14(2)26-13-19(24)20-10-6-4-5-8-15(3)21-18-12-16(22-23-18)17-9-7-11-25-17/h7,9,11-12H,1,3-6,8,10,13H2,2H3,(H,20,24)(H2,21,22,23). The zero-order valence-electron chi connectivity index (χ0n) is 15.1. The maximum absolute atomic E-state index is 11.6. The molecule has 140 valence electrons. The van der Waals surface area contributed by atoms with E-state index in [1.165, 1.54) is 16.6 Å². The van der Waals surface area contributed by atoms with Crippen molar-refractivity contribution in [3.05, 3.63) is 47.3 Å². The highest BCUT2D eigenvalue weighted by Gasteiger charge is 2.05. The van der Waals surface area contributed by atoms with E-state index in [-0.39, 0.29) is 5.91 Å². The van der Waals surface area contributed by atoms with Crippen molar-refractivity contribution in [2.75, 3.05) is 17.6 Å². The van der Waals surface area contributed by atoms with Crippen molar-refractivity contribution in [2.45, 2.75) is 32.6 Å². The van der Waals surface area contributed by atoms with Crippen LogP contribution >= 0.6 is 23.1 Å². The second-order valence-electron chi connectivity index (χ2n) is 6.02. The average Bonchev–Trinajstić information content (AvgIpc) is 3.27. The SMILES string of the molecule is C=C(CCCCCNC(=O)CSC(=C)C)Nc1cc(-c2cccs2)[nH]n1. The zero-order valence-corrected chi connectivity index (χ0v) is 16.8. The number of hydrogen-bond acceptors (Lipinski definition) is 5. The number of aromatic nitrogens is 2. The molecular formula is C19H26N4OS2. The van der Waals surface area contributed by atoms with Crippen molar-refractivity contribution in [3.8, 4) is 10.6 Å². The number of H-pyrrole nitrogens is 1. The first-order chi connectivity index (χ1) is 12.5. The number of nitrogens with one attached hydrogen (secondary N) is 3. The second-order valence-corrected chi connectivity index (χ2v) is 8.25. The fourth-order valence-electron chi connectivity index (χ4n) is 2.30. The molecule has 2 rings (SSSR count). The third-order valence-electron chi connectivity index (χ3n) is 3.60. The summed E-state index contributed by atoms with van der Waals surface area (Å²) in [5, 5.41) is 15.5. The van der Waals surface area contributed by atoms with E-state index in [0.717, 1.165) is 54.3 Å². The Balaban J connectivity index is 1.55. The van der Waals surface area contributed by atoms with Crippen LogP contribution in [0.3, 0.4) is 0 Å². The summed E-state index contributed by atoms with van der Waals surface area (Å²) >= 11 is 3.16. The summed E-state index contributed by atoms with van der Waals surface area (Å²) < 4.78 is 0. The minimum absolute atomic E-state index is 0.0733. The Kier molecular flexibility index (Phi) is 8.50. The van der Waals surface area contributed by atoms with Gasteiger partial charge in [0, 0.05) is 18.3 Å². The number of rotatable bonds is 12. The minimum atomic E-state index is 0.0733. The Morgan fingerprint density at radius 3 is 2.92 bits per heavy atom. The number of unbranched alkanes of at least 4 members (excludes halogenated alkanes) is 2. The first kappa shape index (κ1) is 20.3. The smallest absolute Gasteiger partial charge is 0.230 e. The highest BCUT2D eigenvalue weighted by Crippen LogP contribution is 2.25. The largest absolute Gasteiger partial charge is 0.355 e. The quantitative estimate of drug-likeness (QED) is 0.446. The van der Waals surface area contributed by atoms with E-state index < -0.39 is 0 Å². The topological polar surface area (TPSA) is 69.8 Å². The number of carbonyl (C=O) groups excluding carboxylic acids is 1. The molecule has 5 nitrogen and oxygen atoms in total. The van der Waals surface area contributed by atoms with E-state index in [2.05, 4.69) is 40.1 Å². The summed E-state index contributed by atoms with van der Waals surface area (Å²) in [6.45, 7) is 10.5. The first-order valence-electron chi connectivity index (χ1n) is 8.63. The molecule has 0 aromatic carbocycles. The molecule has 0 spiro atoms. The lowest BCUT2D eigenvalue weighted by Gasteiger charge is -2.07. The van der Waals surface area contributed by atoms with Gasteiger partial charge in [-0.25, -0.2) is 0 Å². The molecule has 0 unspecified atom stereocenters. The molecule has 0 radical (unpaired) electrons. The van der Waals surface area contributed by atoms with E-state index in [9.17, 15) is 4.79 Å². The fraction of sp³-hybridized carbons (Fsp3) is 0.368. The van der Waals surface area contributed by atoms with Gasteiger partial charge < -0.3 is 10.6 Å². The Bertz CT molecular complexity index is 722. The lowest BCUT2D eigenvalue weighted by atomic mass is 10.1. The van der Waals surface area contributed by atoms with Crippen molar-refractivity contribution in [1.82, 2.24) is 15.5 Å². The van der Waals surface area contributed by atoms with Crippen LogP contribution in [0, 0.1) is 0 Å². The predicted octanol–water partition coefficient (Wildman–Crippen LogP) is 5.01. The summed E-state index contributed by atoms with van der Waals surface area (Å²) in [6.07, 6.45) is 3.95. The molecule has 2 aromatic heterocycles. The third-order valence-corrected chi connectivity index (χ3v) is 5.40. The molecule has 0 bridgehead atoms. The van der Waals surface area contributed by atoms with Crippen LogP contribution in [0.25, 0.3) is 10.6 Å². The van der Waals surface area contributed by atoms with Crippen molar-refractivity contribution in [3.63, 3.8) is 0 Å². The molecule has 0 fully saturated rings. The van der Waals surface area contributed by atoms with Gasteiger partial charge in [0.25, 0.3) is 0 Å². The molecule has 3 N–H and O–H groups in total. The maximum Gasteiger partial charge on any atom is 0.230 e. The van der Waals surface area contributed by atoms with E-state index in [0.29, 0.717) is 5.75 Å². The Hall–Kier alpha value is -1.99. The average molecular weight is 391 g/mol. The van der Waals surface area contributed by atoms with E-state index in [1.54, 1.807) is 11.3 Å². The van der Waals surface area contributed by atoms with Crippen LogP contribution in [0.2, 0.25) is 0 Å². The lowest BCUT2D eigenvalue weighted by molar-refractivity contribution is -0.118. The molecule has 0 saturated carbocycles. The van der Waals surface area contributed by atoms with Crippen LogP contribution in [0.5, 0.6) is 0 Å². The Morgan fingerprint density at radius 2 is 2.19 bits per heavy atom. The van der Waals surface area contributed by atoms with Crippen LogP contribution in [-0.2, 0) is 4.79 Å². The van der Waals surface area contributed by atoms with E-state index >= 15 is 0 Å². The molecular weight excluding hydrogens is 364 g/mol. The molecule has 26 heavy (non-hydrogen) atoms. The number of thiophene rings is 1. The van der Waals surface area contributed by atoms with Crippen molar-refractivity contribution < 1.29 is 4.79 Å². The third kappa shape index (κ3) is 7.49. The van der Waals surface area contributed by atoms with Gasteiger partial charge in [-0.2, -0.15) is 5.10 Å². The number of carbonyl (C=O) groups is 1. The van der Waals surface area contributed by atoms with Gasteiger partial charge in [0.1, 0.15) is 0 Å². The van der Waals surface area contributed by atoms with Gasteiger partial charge in [0.2, 0.25) is 5.91 Å². The van der Waals surface area contributed by atoms with E-state index in [1.807, 2.05) is 24.4 Å². The number of allylic oxidation sites excluding steroid dienone is 2.